The number of amides is 2. The van der Waals surface area contributed by atoms with E-state index in [-0.39, 0.29) is 12.1 Å². The van der Waals surface area contributed by atoms with Crippen LogP contribution in [0, 0.1) is 0 Å². The molecule has 0 spiro atoms. The summed E-state index contributed by atoms with van der Waals surface area (Å²) >= 11 is 2.36. The first kappa shape index (κ1) is 18.9. The van der Waals surface area contributed by atoms with E-state index in [1.165, 1.54) is 11.3 Å². The molecule has 1 atom stereocenters. The highest BCUT2D eigenvalue weighted by Crippen LogP contribution is 2.25. The Balaban J connectivity index is 1.61. The molecule has 4 heterocycles. The van der Waals surface area contributed by atoms with Gasteiger partial charge < -0.3 is 16.0 Å². The van der Waals surface area contributed by atoms with Crippen molar-refractivity contribution < 1.29 is 14.4 Å². The highest BCUT2D eigenvalue weighted by Gasteiger charge is 2.29. The summed E-state index contributed by atoms with van der Waals surface area (Å²) in [5.41, 5.74) is 7.74. The smallest absolute Gasteiger partial charge is 0.287 e. The zero-order chi connectivity index (χ0) is 20.4. The predicted octanol–water partition coefficient (Wildman–Crippen LogP) is 1.54. The number of primary amides is 1. The Morgan fingerprint density at radius 2 is 2.07 bits per heavy atom. The van der Waals surface area contributed by atoms with Crippen molar-refractivity contribution in [2.24, 2.45) is 5.73 Å². The van der Waals surface area contributed by atoms with Crippen LogP contribution in [0.15, 0.2) is 42.0 Å². The minimum atomic E-state index is -1.13. The van der Waals surface area contributed by atoms with Gasteiger partial charge in [-0.2, -0.15) is 8.75 Å². The molecule has 0 fully saturated rings. The molecule has 0 aliphatic rings. The first-order valence-corrected chi connectivity index (χ1v) is 10.1. The summed E-state index contributed by atoms with van der Waals surface area (Å²) in [6.45, 7) is 0. The lowest BCUT2D eigenvalue weighted by atomic mass is 10.0. The maximum Gasteiger partial charge on any atom is 0.287 e. The molecule has 0 bridgehead atoms. The fraction of sp³-hybridized carbons (Fsp3) is 0.111. The Hall–Kier alpha value is -3.44. The van der Waals surface area contributed by atoms with E-state index in [4.69, 9.17) is 5.73 Å². The summed E-state index contributed by atoms with van der Waals surface area (Å²) in [4.78, 5) is 44.0. The minimum Gasteiger partial charge on any atom is -0.363 e. The third-order valence-corrected chi connectivity index (χ3v) is 5.78. The van der Waals surface area contributed by atoms with Crippen LogP contribution in [0.2, 0.25) is 0 Å². The second-order valence-electron chi connectivity index (χ2n) is 6.11. The molecule has 4 rings (SSSR count). The van der Waals surface area contributed by atoms with E-state index in [1.807, 2.05) is 11.4 Å². The van der Waals surface area contributed by atoms with Crippen LogP contribution in [-0.4, -0.2) is 42.4 Å². The molecule has 0 saturated carbocycles. The number of Topliss-reactive ketones (excluding diaryl/α,β-unsaturated/α-hetero) is 1. The molecule has 29 heavy (non-hydrogen) atoms. The Bertz CT molecular complexity index is 1200. The van der Waals surface area contributed by atoms with Gasteiger partial charge in [0.2, 0.25) is 5.78 Å². The van der Waals surface area contributed by atoms with E-state index in [2.05, 4.69) is 24.0 Å². The molecule has 2 amide bonds. The van der Waals surface area contributed by atoms with Gasteiger partial charge in [0, 0.05) is 18.8 Å². The van der Waals surface area contributed by atoms with Gasteiger partial charge >= 0.3 is 0 Å². The summed E-state index contributed by atoms with van der Waals surface area (Å²) in [7, 11) is 0. The molecule has 0 aliphatic heterocycles. The lowest BCUT2D eigenvalue weighted by Gasteiger charge is -2.15. The zero-order valence-electron chi connectivity index (χ0n) is 14.8. The van der Waals surface area contributed by atoms with Crippen LogP contribution in [0.25, 0.3) is 21.6 Å². The molecule has 0 aliphatic carbocycles. The first-order chi connectivity index (χ1) is 14.0. The second kappa shape index (κ2) is 7.89. The van der Waals surface area contributed by atoms with E-state index in [1.54, 1.807) is 30.6 Å². The monoisotopic (exact) mass is 426 g/mol. The molecular formula is C18H14N6O3S2. The van der Waals surface area contributed by atoms with Crippen LogP contribution in [0.3, 0.4) is 0 Å². The van der Waals surface area contributed by atoms with Crippen molar-refractivity contribution in [2.45, 2.75) is 12.5 Å². The lowest BCUT2D eigenvalue weighted by Crippen LogP contribution is -2.47. The fourth-order valence-electron chi connectivity index (χ4n) is 2.89. The number of thiophene rings is 1. The standard InChI is InChI=1S/C18H14N6O3S2/c19-17(26)15(25)12(7-9-8-21-11-4-6-28-16(9)11)22-18(27)14-13(23-29-24-14)10-3-1-2-5-20-10/h1-6,8,12,21H,7H2,(H2,19,26)(H,22,27). The van der Waals surface area contributed by atoms with Gasteiger partial charge in [-0.05, 0) is 29.1 Å². The molecule has 9 nitrogen and oxygen atoms in total. The van der Waals surface area contributed by atoms with Gasteiger partial charge in [-0.1, -0.05) is 6.07 Å². The number of nitrogens with one attached hydrogen (secondary N) is 2. The Morgan fingerprint density at radius 1 is 1.21 bits per heavy atom. The molecule has 11 heteroatoms. The van der Waals surface area contributed by atoms with Crippen LogP contribution in [0.1, 0.15) is 16.1 Å². The highest BCUT2D eigenvalue weighted by atomic mass is 32.1. The van der Waals surface area contributed by atoms with Gasteiger partial charge in [0.15, 0.2) is 5.69 Å². The average Bonchev–Trinajstić information content (AvgIpc) is 3.45. The first-order valence-electron chi connectivity index (χ1n) is 8.46. The molecule has 0 radical (unpaired) electrons. The van der Waals surface area contributed by atoms with Crippen LogP contribution in [-0.2, 0) is 16.0 Å². The van der Waals surface area contributed by atoms with Crippen molar-refractivity contribution in [2.75, 3.05) is 0 Å². The number of rotatable bonds is 7. The molecule has 0 saturated heterocycles. The topological polar surface area (TPSA) is 144 Å². The number of pyridine rings is 1. The summed E-state index contributed by atoms with van der Waals surface area (Å²) in [5.74, 6) is -2.63. The third-order valence-electron chi connectivity index (χ3n) is 4.26. The van der Waals surface area contributed by atoms with Crippen molar-refractivity contribution >= 4 is 50.9 Å². The number of ketones is 1. The highest BCUT2D eigenvalue weighted by molar-refractivity contribution is 7.17. The maximum absolute atomic E-state index is 12.8. The van der Waals surface area contributed by atoms with Gasteiger partial charge in [-0.3, -0.25) is 19.4 Å². The van der Waals surface area contributed by atoms with Gasteiger partial charge in [0.25, 0.3) is 11.8 Å². The summed E-state index contributed by atoms with van der Waals surface area (Å²) in [6, 6.07) is 5.99. The number of H-pyrrole nitrogens is 1. The van der Waals surface area contributed by atoms with Gasteiger partial charge in [0.1, 0.15) is 11.7 Å². The molecule has 4 N–H and O–H groups in total. The van der Waals surface area contributed by atoms with Gasteiger partial charge in [0.05, 0.1) is 27.6 Å². The number of aromatic amines is 1. The van der Waals surface area contributed by atoms with Crippen molar-refractivity contribution in [3.63, 3.8) is 0 Å². The minimum absolute atomic E-state index is 0.0336. The van der Waals surface area contributed by atoms with E-state index < -0.39 is 23.6 Å². The largest absolute Gasteiger partial charge is 0.363 e. The normalized spacial score (nSPS) is 12.0. The van der Waals surface area contributed by atoms with Crippen molar-refractivity contribution in [1.82, 2.24) is 24.0 Å². The van der Waals surface area contributed by atoms with E-state index in [0.29, 0.717) is 11.4 Å². The molecule has 1 unspecified atom stereocenters. The van der Waals surface area contributed by atoms with Gasteiger partial charge in [-0.25, -0.2) is 0 Å². The second-order valence-corrected chi connectivity index (χ2v) is 7.56. The Labute approximate surface area is 172 Å². The number of hydrogen-bond donors (Lipinski definition) is 3. The molecule has 146 valence electrons. The number of carbonyl (C=O) groups is 3. The van der Waals surface area contributed by atoms with Gasteiger partial charge in [-0.15, -0.1) is 11.3 Å². The maximum atomic E-state index is 12.8. The summed E-state index contributed by atoms with van der Waals surface area (Å²) < 4.78 is 9.12. The third kappa shape index (κ3) is 3.77. The van der Waals surface area contributed by atoms with E-state index >= 15 is 0 Å². The van der Waals surface area contributed by atoms with Crippen LogP contribution in [0.5, 0.6) is 0 Å². The number of nitrogens with two attached hydrogens (primary N) is 1. The zero-order valence-corrected chi connectivity index (χ0v) is 16.4. The number of hydrogen-bond acceptors (Lipinski definition) is 8. The number of aromatic nitrogens is 4. The van der Waals surface area contributed by atoms with E-state index in [0.717, 1.165) is 27.5 Å². The Morgan fingerprint density at radius 3 is 2.83 bits per heavy atom. The van der Waals surface area contributed by atoms with E-state index in [9.17, 15) is 14.4 Å². The molecular weight excluding hydrogens is 412 g/mol. The van der Waals surface area contributed by atoms with Crippen molar-refractivity contribution in [3.05, 3.63) is 53.3 Å². The average molecular weight is 426 g/mol. The molecule has 4 aromatic heterocycles. The van der Waals surface area contributed by atoms with Crippen molar-refractivity contribution in [3.8, 4) is 11.4 Å². The summed E-state index contributed by atoms with van der Waals surface area (Å²) in [5, 5.41) is 4.49. The quantitative estimate of drug-likeness (QED) is 0.382. The number of carbonyl (C=O) groups excluding carboxylic acids is 3. The van der Waals surface area contributed by atoms with Crippen LogP contribution < -0.4 is 11.1 Å². The number of fused-ring (bicyclic) bond motifs is 1. The van der Waals surface area contributed by atoms with Crippen LogP contribution in [0.4, 0.5) is 0 Å². The summed E-state index contributed by atoms with van der Waals surface area (Å²) in [6.07, 6.45) is 3.44. The number of nitrogens with zero attached hydrogens (tertiary/aromatic N) is 3. The predicted molar refractivity (Wildman–Crippen MR) is 108 cm³/mol. The van der Waals surface area contributed by atoms with Crippen molar-refractivity contribution in [1.29, 1.82) is 0 Å². The SMILES string of the molecule is NC(=O)C(=O)C(Cc1c[nH]c2ccsc12)NC(=O)c1nsnc1-c1ccccn1. The fourth-order valence-corrected chi connectivity index (χ4v) is 4.33. The molecule has 0 aromatic carbocycles. The molecule has 4 aromatic rings. The van der Waals surface area contributed by atoms with Crippen LogP contribution >= 0.6 is 23.1 Å². The lowest BCUT2D eigenvalue weighted by molar-refractivity contribution is -0.137. The Kier molecular flexibility index (Phi) is 5.14.